The molecule has 14 heavy (non-hydrogen) atoms. The van der Waals surface area contributed by atoms with Crippen LogP contribution in [0, 0.1) is 5.41 Å². The molecular weight excluding hydrogens is 176 g/mol. The third-order valence-corrected chi connectivity index (χ3v) is 3.55. The van der Waals surface area contributed by atoms with E-state index in [0.29, 0.717) is 5.69 Å². The summed E-state index contributed by atoms with van der Waals surface area (Å²) < 4.78 is 0. The van der Waals surface area contributed by atoms with Gasteiger partial charge in [-0.2, -0.15) is 0 Å². The fraction of sp³-hybridized carbons (Fsp3) is 0.545. The first-order valence-electron chi connectivity index (χ1n) is 4.90. The summed E-state index contributed by atoms with van der Waals surface area (Å²) in [6, 6.07) is 1.73. The molecule has 0 bridgehead atoms. The molecule has 1 aliphatic rings. The number of nitrogens with two attached hydrogens (primary N) is 1. The zero-order valence-corrected chi connectivity index (χ0v) is 8.62. The lowest BCUT2D eigenvalue weighted by atomic mass is 9.81. The first-order valence-corrected chi connectivity index (χ1v) is 4.90. The van der Waals surface area contributed by atoms with Crippen molar-refractivity contribution in [2.24, 2.45) is 5.41 Å². The van der Waals surface area contributed by atoms with E-state index in [0.717, 1.165) is 18.4 Å². The molecule has 0 radical (unpaired) electrons. The highest BCUT2D eigenvalue weighted by atomic mass is 16.3. The molecule has 1 unspecified atom stereocenters. The van der Waals surface area contributed by atoms with E-state index in [1.165, 1.54) is 0 Å². The van der Waals surface area contributed by atoms with Crippen molar-refractivity contribution in [3.8, 4) is 0 Å². The lowest BCUT2D eigenvalue weighted by molar-refractivity contribution is -0.0122. The van der Waals surface area contributed by atoms with Crippen LogP contribution in [0.15, 0.2) is 18.5 Å². The van der Waals surface area contributed by atoms with Gasteiger partial charge >= 0.3 is 0 Å². The average Bonchev–Trinajstić information content (AvgIpc) is 2.86. The number of aromatic nitrogens is 1. The van der Waals surface area contributed by atoms with E-state index in [4.69, 9.17) is 5.73 Å². The molecule has 3 N–H and O–H groups in total. The molecule has 1 aromatic heterocycles. The van der Waals surface area contributed by atoms with Gasteiger partial charge < -0.3 is 10.8 Å². The molecule has 3 heteroatoms. The van der Waals surface area contributed by atoms with Crippen LogP contribution >= 0.6 is 0 Å². The van der Waals surface area contributed by atoms with Crippen molar-refractivity contribution in [3.63, 3.8) is 0 Å². The molecule has 1 atom stereocenters. The maximum absolute atomic E-state index is 10.4. The predicted molar refractivity (Wildman–Crippen MR) is 55.6 cm³/mol. The van der Waals surface area contributed by atoms with Gasteiger partial charge in [0, 0.05) is 29.1 Å². The van der Waals surface area contributed by atoms with Gasteiger partial charge in [-0.05, 0) is 25.8 Å². The van der Waals surface area contributed by atoms with Gasteiger partial charge in [0.2, 0.25) is 0 Å². The number of pyridine rings is 1. The third kappa shape index (κ3) is 1.20. The van der Waals surface area contributed by atoms with Crippen LogP contribution in [0.4, 0.5) is 5.69 Å². The molecule has 0 aromatic carbocycles. The highest BCUT2D eigenvalue weighted by Gasteiger charge is 2.53. The summed E-state index contributed by atoms with van der Waals surface area (Å²) in [6.45, 7) is 3.91. The molecule has 0 saturated heterocycles. The second-order valence-corrected chi connectivity index (χ2v) is 4.60. The van der Waals surface area contributed by atoms with E-state index in [-0.39, 0.29) is 5.41 Å². The summed E-state index contributed by atoms with van der Waals surface area (Å²) in [4.78, 5) is 4.01. The molecule has 3 nitrogen and oxygen atoms in total. The van der Waals surface area contributed by atoms with Crippen LogP contribution in [-0.4, -0.2) is 10.1 Å². The monoisotopic (exact) mass is 192 g/mol. The Morgan fingerprint density at radius 1 is 1.57 bits per heavy atom. The van der Waals surface area contributed by atoms with E-state index in [9.17, 15) is 5.11 Å². The maximum Gasteiger partial charge on any atom is 0.0956 e. The molecule has 1 fully saturated rings. The summed E-state index contributed by atoms with van der Waals surface area (Å²) in [7, 11) is 0. The Morgan fingerprint density at radius 3 is 2.71 bits per heavy atom. The summed E-state index contributed by atoms with van der Waals surface area (Å²) in [5.41, 5.74) is 6.32. The van der Waals surface area contributed by atoms with Gasteiger partial charge in [0.05, 0.1) is 5.60 Å². The fourth-order valence-corrected chi connectivity index (χ4v) is 1.81. The van der Waals surface area contributed by atoms with Crippen molar-refractivity contribution in [3.05, 3.63) is 24.0 Å². The van der Waals surface area contributed by atoms with Crippen molar-refractivity contribution in [1.29, 1.82) is 0 Å². The third-order valence-electron chi connectivity index (χ3n) is 3.55. The Kier molecular flexibility index (Phi) is 1.83. The zero-order valence-electron chi connectivity index (χ0n) is 8.62. The largest absolute Gasteiger partial charge is 0.398 e. The van der Waals surface area contributed by atoms with Crippen molar-refractivity contribution >= 4 is 5.69 Å². The Labute approximate surface area is 84.0 Å². The Bertz CT molecular complexity index is 356. The van der Waals surface area contributed by atoms with E-state index >= 15 is 0 Å². The van der Waals surface area contributed by atoms with Gasteiger partial charge in [0.1, 0.15) is 0 Å². The van der Waals surface area contributed by atoms with Crippen LogP contribution in [-0.2, 0) is 5.60 Å². The molecule has 1 heterocycles. The fourth-order valence-electron chi connectivity index (χ4n) is 1.81. The molecule has 1 saturated carbocycles. The van der Waals surface area contributed by atoms with Crippen molar-refractivity contribution in [2.75, 3.05) is 5.73 Å². The Balaban J connectivity index is 2.44. The number of rotatable bonds is 2. The quantitative estimate of drug-likeness (QED) is 0.749. The van der Waals surface area contributed by atoms with Crippen LogP contribution in [0.25, 0.3) is 0 Å². The van der Waals surface area contributed by atoms with Crippen molar-refractivity contribution in [2.45, 2.75) is 32.3 Å². The second-order valence-electron chi connectivity index (χ2n) is 4.60. The van der Waals surface area contributed by atoms with Crippen LogP contribution in [0.3, 0.4) is 0 Å². The Hall–Kier alpha value is -1.09. The topological polar surface area (TPSA) is 59.1 Å². The van der Waals surface area contributed by atoms with Gasteiger partial charge in [-0.25, -0.2) is 0 Å². The molecule has 76 valence electrons. The van der Waals surface area contributed by atoms with Gasteiger partial charge in [0.15, 0.2) is 0 Å². The molecular formula is C11H16N2O. The number of aliphatic hydroxyl groups is 1. The predicted octanol–water partition coefficient (Wildman–Crippen LogP) is 1.67. The molecule has 0 aliphatic heterocycles. The summed E-state index contributed by atoms with van der Waals surface area (Å²) in [5, 5.41) is 10.4. The van der Waals surface area contributed by atoms with Crippen molar-refractivity contribution < 1.29 is 5.11 Å². The lowest BCUT2D eigenvalue weighted by Crippen LogP contribution is -2.32. The highest BCUT2D eigenvalue weighted by molar-refractivity contribution is 5.48. The molecule has 1 aliphatic carbocycles. The minimum absolute atomic E-state index is 0.0237. The number of nitrogens with zero attached hydrogens (tertiary/aromatic N) is 1. The van der Waals surface area contributed by atoms with Gasteiger partial charge in [-0.1, -0.05) is 6.92 Å². The van der Waals surface area contributed by atoms with Crippen LogP contribution in [0.2, 0.25) is 0 Å². The van der Waals surface area contributed by atoms with E-state index in [2.05, 4.69) is 11.9 Å². The van der Waals surface area contributed by atoms with Gasteiger partial charge in [0.25, 0.3) is 0 Å². The smallest absolute Gasteiger partial charge is 0.0956 e. The van der Waals surface area contributed by atoms with Gasteiger partial charge in [-0.3, -0.25) is 4.98 Å². The van der Waals surface area contributed by atoms with Crippen molar-refractivity contribution in [1.82, 2.24) is 4.98 Å². The van der Waals surface area contributed by atoms with E-state index < -0.39 is 5.60 Å². The number of hydrogen-bond donors (Lipinski definition) is 2. The second kappa shape index (κ2) is 2.70. The van der Waals surface area contributed by atoms with Crippen LogP contribution in [0.1, 0.15) is 32.3 Å². The average molecular weight is 192 g/mol. The van der Waals surface area contributed by atoms with Crippen LogP contribution in [0.5, 0.6) is 0 Å². The Morgan fingerprint density at radius 2 is 2.21 bits per heavy atom. The maximum atomic E-state index is 10.4. The summed E-state index contributed by atoms with van der Waals surface area (Å²) in [6.07, 6.45) is 5.41. The molecule has 0 amide bonds. The minimum atomic E-state index is -0.856. The summed E-state index contributed by atoms with van der Waals surface area (Å²) in [5.74, 6) is 0. The zero-order chi connectivity index (χ0) is 10.4. The molecule has 0 spiro atoms. The van der Waals surface area contributed by atoms with E-state index in [1.54, 1.807) is 18.5 Å². The van der Waals surface area contributed by atoms with Gasteiger partial charge in [-0.15, -0.1) is 0 Å². The van der Waals surface area contributed by atoms with E-state index in [1.807, 2.05) is 6.92 Å². The SMILES string of the molecule is CC1(C(C)(O)c2cnccc2N)CC1. The summed E-state index contributed by atoms with van der Waals surface area (Å²) >= 11 is 0. The number of nitrogen functional groups attached to an aromatic ring is 1. The first kappa shape index (κ1) is 9.46. The highest BCUT2D eigenvalue weighted by Crippen LogP contribution is 2.58. The van der Waals surface area contributed by atoms with Crippen LogP contribution < -0.4 is 5.73 Å². The standard InChI is InChI=1S/C11H16N2O/c1-10(4-5-10)11(2,14)8-7-13-6-3-9(8)12/h3,6-7,14H,4-5H2,1-2H3,(H2,12,13). The molecule has 1 aromatic rings. The molecule has 2 rings (SSSR count). The normalized spacial score (nSPS) is 22.8. The lowest BCUT2D eigenvalue weighted by Gasteiger charge is -2.31. The number of anilines is 1. The minimum Gasteiger partial charge on any atom is -0.398 e. The number of hydrogen-bond acceptors (Lipinski definition) is 3. The first-order chi connectivity index (χ1) is 6.47.